The molecule has 0 radical (unpaired) electrons. The molecule has 1 aromatic heterocycles. The Kier molecular flexibility index (Phi) is 4.28. The molecule has 2 rings (SSSR count). The lowest BCUT2D eigenvalue weighted by Gasteiger charge is -2.11. The second-order valence-corrected chi connectivity index (χ2v) is 5.21. The fourth-order valence-corrected chi connectivity index (χ4v) is 1.92. The SMILES string of the molecule is CC(C)n1nc(C(N)=O)cc1NC(=O)c1ccc(Cl)cc1. The third kappa shape index (κ3) is 3.41. The average Bonchev–Trinajstić information content (AvgIpc) is 2.83. The zero-order valence-electron chi connectivity index (χ0n) is 11.6. The van der Waals surface area contributed by atoms with Gasteiger partial charge in [0.25, 0.3) is 11.8 Å². The van der Waals surface area contributed by atoms with Crippen molar-refractivity contribution < 1.29 is 9.59 Å². The lowest BCUT2D eigenvalue weighted by Crippen LogP contribution is -2.16. The van der Waals surface area contributed by atoms with Crippen LogP contribution in [0.3, 0.4) is 0 Å². The Hall–Kier alpha value is -2.34. The van der Waals surface area contributed by atoms with Gasteiger partial charge in [-0.2, -0.15) is 5.10 Å². The van der Waals surface area contributed by atoms with Crippen molar-refractivity contribution in [3.05, 3.63) is 46.6 Å². The van der Waals surface area contributed by atoms with Gasteiger partial charge < -0.3 is 11.1 Å². The minimum Gasteiger partial charge on any atom is -0.364 e. The first-order chi connectivity index (χ1) is 9.88. The number of nitrogens with zero attached hydrogens (tertiary/aromatic N) is 2. The molecule has 0 atom stereocenters. The summed E-state index contributed by atoms with van der Waals surface area (Å²) in [7, 11) is 0. The molecule has 1 heterocycles. The van der Waals surface area contributed by atoms with E-state index in [2.05, 4.69) is 10.4 Å². The fraction of sp³-hybridized carbons (Fsp3) is 0.214. The zero-order chi connectivity index (χ0) is 15.6. The van der Waals surface area contributed by atoms with E-state index < -0.39 is 5.91 Å². The second kappa shape index (κ2) is 5.97. The molecule has 7 heteroatoms. The van der Waals surface area contributed by atoms with Crippen molar-refractivity contribution in [3.8, 4) is 0 Å². The molecule has 3 N–H and O–H groups in total. The van der Waals surface area contributed by atoms with Gasteiger partial charge in [0.15, 0.2) is 5.69 Å². The molecule has 21 heavy (non-hydrogen) atoms. The molecule has 0 aliphatic rings. The first-order valence-electron chi connectivity index (χ1n) is 6.34. The topological polar surface area (TPSA) is 90.0 Å². The summed E-state index contributed by atoms with van der Waals surface area (Å²) in [5, 5.41) is 7.34. The summed E-state index contributed by atoms with van der Waals surface area (Å²) < 4.78 is 1.54. The van der Waals surface area contributed by atoms with E-state index in [0.29, 0.717) is 16.4 Å². The maximum atomic E-state index is 12.2. The number of carbonyl (C=O) groups is 2. The highest BCUT2D eigenvalue weighted by Gasteiger charge is 2.16. The number of hydrogen-bond acceptors (Lipinski definition) is 3. The van der Waals surface area contributed by atoms with E-state index in [1.165, 1.54) is 10.7 Å². The van der Waals surface area contributed by atoms with Crippen molar-refractivity contribution in [2.45, 2.75) is 19.9 Å². The molecular weight excluding hydrogens is 292 g/mol. The summed E-state index contributed by atoms with van der Waals surface area (Å²) in [4.78, 5) is 23.4. The third-order valence-electron chi connectivity index (χ3n) is 2.83. The van der Waals surface area contributed by atoms with Gasteiger partial charge in [-0.1, -0.05) is 11.6 Å². The van der Waals surface area contributed by atoms with Gasteiger partial charge in [0.1, 0.15) is 5.82 Å². The highest BCUT2D eigenvalue weighted by molar-refractivity contribution is 6.30. The quantitative estimate of drug-likeness (QED) is 0.909. The minimum absolute atomic E-state index is 0.0291. The number of amides is 2. The Morgan fingerprint density at radius 1 is 1.29 bits per heavy atom. The Balaban J connectivity index is 2.27. The van der Waals surface area contributed by atoms with Crippen LogP contribution >= 0.6 is 11.6 Å². The van der Waals surface area contributed by atoms with Crippen molar-refractivity contribution in [2.24, 2.45) is 5.73 Å². The molecule has 0 saturated carbocycles. The molecule has 110 valence electrons. The lowest BCUT2D eigenvalue weighted by molar-refractivity contribution is 0.0992. The molecule has 6 nitrogen and oxygen atoms in total. The van der Waals surface area contributed by atoms with Gasteiger partial charge in [0, 0.05) is 22.7 Å². The lowest BCUT2D eigenvalue weighted by atomic mass is 10.2. The predicted octanol–water partition coefficient (Wildman–Crippen LogP) is 2.47. The number of halogens is 1. The van der Waals surface area contributed by atoms with Crippen molar-refractivity contribution in [3.63, 3.8) is 0 Å². The summed E-state index contributed by atoms with van der Waals surface area (Å²) in [6, 6.07) is 7.91. The number of nitrogens with one attached hydrogen (secondary N) is 1. The van der Waals surface area contributed by atoms with Crippen molar-refractivity contribution in [1.29, 1.82) is 0 Å². The van der Waals surface area contributed by atoms with Gasteiger partial charge in [-0.25, -0.2) is 4.68 Å². The van der Waals surface area contributed by atoms with Crippen LogP contribution in [0.15, 0.2) is 30.3 Å². The molecule has 0 aliphatic heterocycles. The Bertz CT molecular complexity index is 677. The van der Waals surface area contributed by atoms with Crippen molar-refractivity contribution >= 4 is 29.2 Å². The average molecular weight is 307 g/mol. The first-order valence-corrected chi connectivity index (χ1v) is 6.72. The van der Waals surface area contributed by atoms with Gasteiger partial charge in [-0.3, -0.25) is 9.59 Å². The summed E-state index contributed by atoms with van der Waals surface area (Å²) in [6.45, 7) is 3.77. The van der Waals surface area contributed by atoms with Gasteiger partial charge >= 0.3 is 0 Å². The number of aromatic nitrogens is 2. The van der Waals surface area contributed by atoms with Crippen LogP contribution in [0.4, 0.5) is 5.82 Å². The Morgan fingerprint density at radius 2 is 1.90 bits per heavy atom. The van der Waals surface area contributed by atoms with Crippen LogP contribution in [0.5, 0.6) is 0 Å². The summed E-state index contributed by atoms with van der Waals surface area (Å²) in [6.07, 6.45) is 0. The fourth-order valence-electron chi connectivity index (χ4n) is 1.79. The molecule has 0 bridgehead atoms. The maximum absolute atomic E-state index is 12.2. The van der Waals surface area contributed by atoms with Crippen LogP contribution in [-0.4, -0.2) is 21.6 Å². The predicted molar refractivity (Wildman–Crippen MR) is 80.5 cm³/mol. The molecule has 1 aromatic carbocycles. The number of nitrogens with two attached hydrogens (primary N) is 1. The monoisotopic (exact) mass is 306 g/mol. The van der Waals surface area contributed by atoms with E-state index in [4.69, 9.17) is 17.3 Å². The molecular formula is C14H15ClN4O2. The molecule has 0 fully saturated rings. The molecule has 2 amide bonds. The van der Waals surface area contributed by atoms with Gasteiger partial charge in [-0.15, -0.1) is 0 Å². The molecule has 2 aromatic rings. The van der Waals surface area contributed by atoms with Crippen LogP contribution in [0.25, 0.3) is 0 Å². The number of hydrogen-bond donors (Lipinski definition) is 2. The zero-order valence-corrected chi connectivity index (χ0v) is 12.4. The standard InChI is InChI=1S/C14H15ClN4O2/c1-8(2)19-12(7-11(18-19)13(16)20)17-14(21)9-3-5-10(15)6-4-9/h3-8H,1-2H3,(H2,16,20)(H,17,21). The van der Waals surface area contributed by atoms with Gasteiger partial charge in [-0.05, 0) is 38.1 Å². The molecule has 0 aliphatic carbocycles. The highest BCUT2D eigenvalue weighted by Crippen LogP contribution is 2.18. The number of rotatable bonds is 4. The van der Waals surface area contributed by atoms with E-state index in [9.17, 15) is 9.59 Å². The van der Waals surface area contributed by atoms with Crippen LogP contribution in [-0.2, 0) is 0 Å². The third-order valence-corrected chi connectivity index (χ3v) is 3.08. The molecule has 0 unspecified atom stereocenters. The van der Waals surface area contributed by atoms with E-state index in [1.807, 2.05) is 13.8 Å². The number of primary amides is 1. The number of benzene rings is 1. The minimum atomic E-state index is -0.642. The van der Waals surface area contributed by atoms with E-state index >= 15 is 0 Å². The van der Waals surface area contributed by atoms with Crippen LogP contribution in [0.1, 0.15) is 40.7 Å². The Morgan fingerprint density at radius 3 is 2.43 bits per heavy atom. The number of carbonyl (C=O) groups excluding carboxylic acids is 2. The molecule has 0 spiro atoms. The van der Waals surface area contributed by atoms with Gasteiger partial charge in [0.2, 0.25) is 0 Å². The largest absolute Gasteiger partial charge is 0.364 e. The smallest absolute Gasteiger partial charge is 0.269 e. The van der Waals surface area contributed by atoms with Crippen LogP contribution in [0.2, 0.25) is 5.02 Å². The van der Waals surface area contributed by atoms with Crippen molar-refractivity contribution in [1.82, 2.24) is 9.78 Å². The van der Waals surface area contributed by atoms with Crippen LogP contribution in [0, 0.1) is 0 Å². The summed E-state index contributed by atoms with van der Waals surface area (Å²) in [5.41, 5.74) is 5.77. The summed E-state index contributed by atoms with van der Waals surface area (Å²) in [5.74, 6) is -0.542. The normalized spacial score (nSPS) is 10.7. The van der Waals surface area contributed by atoms with Gasteiger partial charge in [0.05, 0.1) is 0 Å². The van der Waals surface area contributed by atoms with E-state index in [1.54, 1.807) is 24.3 Å². The Labute approximate surface area is 126 Å². The van der Waals surface area contributed by atoms with Crippen molar-refractivity contribution in [2.75, 3.05) is 5.32 Å². The van der Waals surface area contributed by atoms with Crippen LogP contribution < -0.4 is 11.1 Å². The second-order valence-electron chi connectivity index (χ2n) is 4.78. The summed E-state index contributed by atoms with van der Waals surface area (Å²) >= 11 is 5.78. The highest BCUT2D eigenvalue weighted by atomic mass is 35.5. The number of anilines is 1. The first kappa shape index (κ1) is 15.1. The van der Waals surface area contributed by atoms with E-state index in [-0.39, 0.29) is 17.6 Å². The van der Waals surface area contributed by atoms with E-state index in [0.717, 1.165) is 0 Å². The molecule has 0 saturated heterocycles. The maximum Gasteiger partial charge on any atom is 0.269 e.